The number of imidazole rings is 1. The van der Waals surface area contributed by atoms with E-state index in [0.29, 0.717) is 23.4 Å². The van der Waals surface area contributed by atoms with Gasteiger partial charge in [0.15, 0.2) is 0 Å². The van der Waals surface area contributed by atoms with Crippen LogP contribution in [0.25, 0.3) is 11.0 Å². The minimum absolute atomic E-state index is 0.243. The number of nitrogens with zero attached hydrogens (tertiary/aromatic N) is 2. The Morgan fingerprint density at radius 1 is 1.44 bits per heavy atom. The summed E-state index contributed by atoms with van der Waals surface area (Å²) in [7, 11) is 0. The van der Waals surface area contributed by atoms with E-state index >= 15 is 0 Å². The van der Waals surface area contributed by atoms with E-state index < -0.39 is 0 Å². The molecule has 0 saturated heterocycles. The fourth-order valence-corrected chi connectivity index (χ4v) is 3.28. The van der Waals surface area contributed by atoms with Crippen LogP contribution in [-0.4, -0.2) is 9.55 Å². The molecule has 0 amide bonds. The Morgan fingerprint density at radius 2 is 2.28 bits per heavy atom. The van der Waals surface area contributed by atoms with Gasteiger partial charge < -0.3 is 4.57 Å². The largest absolute Gasteiger partial charge is 0.324 e. The molecule has 96 valence electrons. The fraction of sp³-hybridized carbons (Fsp3) is 0.500. The Balaban J connectivity index is 2.19. The molecule has 0 N–H and O–H groups in total. The van der Waals surface area contributed by atoms with Crippen LogP contribution in [0.3, 0.4) is 0 Å². The third kappa shape index (κ3) is 1.81. The third-order valence-corrected chi connectivity index (χ3v) is 4.23. The number of halogens is 2. The number of alkyl halides is 1. The van der Waals surface area contributed by atoms with Crippen LogP contribution in [0.2, 0.25) is 0 Å². The zero-order chi connectivity index (χ0) is 12.7. The molecule has 3 rings (SSSR count). The molecule has 1 aliphatic carbocycles. The topological polar surface area (TPSA) is 17.8 Å². The third-order valence-electron chi connectivity index (χ3n) is 3.99. The van der Waals surface area contributed by atoms with Crippen LogP contribution in [0.4, 0.5) is 4.39 Å². The second-order valence-corrected chi connectivity index (χ2v) is 5.41. The molecule has 1 aromatic carbocycles. The molecule has 0 bridgehead atoms. The Bertz CT molecular complexity index is 578. The smallest absolute Gasteiger partial charge is 0.125 e. The molecule has 18 heavy (non-hydrogen) atoms. The number of benzene rings is 1. The van der Waals surface area contributed by atoms with Gasteiger partial charge in [-0.25, -0.2) is 9.37 Å². The van der Waals surface area contributed by atoms with Gasteiger partial charge in [0.25, 0.3) is 0 Å². The highest BCUT2D eigenvalue weighted by Gasteiger charge is 2.28. The zero-order valence-corrected chi connectivity index (χ0v) is 11.1. The van der Waals surface area contributed by atoms with Crippen LogP contribution < -0.4 is 0 Å². The second-order valence-electron chi connectivity index (χ2n) is 5.14. The summed E-state index contributed by atoms with van der Waals surface area (Å²) in [4.78, 5) is 4.46. The van der Waals surface area contributed by atoms with Gasteiger partial charge in [0.1, 0.15) is 11.6 Å². The lowest BCUT2D eigenvalue weighted by atomic mass is 10.1. The molecule has 2 unspecified atom stereocenters. The molecule has 4 heteroatoms. The van der Waals surface area contributed by atoms with Crippen molar-refractivity contribution in [3.63, 3.8) is 0 Å². The van der Waals surface area contributed by atoms with Gasteiger partial charge >= 0.3 is 0 Å². The van der Waals surface area contributed by atoms with E-state index in [4.69, 9.17) is 11.6 Å². The molecular weight excluding hydrogens is 251 g/mol. The average Bonchev–Trinajstić information content (AvgIpc) is 2.91. The quantitative estimate of drug-likeness (QED) is 0.742. The minimum Gasteiger partial charge on any atom is -0.324 e. The van der Waals surface area contributed by atoms with Crippen molar-refractivity contribution < 1.29 is 4.39 Å². The lowest BCUT2D eigenvalue weighted by Gasteiger charge is -2.20. The van der Waals surface area contributed by atoms with Crippen molar-refractivity contribution in [3.8, 4) is 0 Å². The minimum atomic E-state index is -0.243. The van der Waals surface area contributed by atoms with Crippen molar-refractivity contribution in [1.82, 2.24) is 9.55 Å². The van der Waals surface area contributed by atoms with E-state index in [-0.39, 0.29) is 5.82 Å². The van der Waals surface area contributed by atoms with Crippen molar-refractivity contribution in [2.75, 3.05) is 0 Å². The van der Waals surface area contributed by atoms with Crippen molar-refractivity contribution in [2.24, 2.45) is 5.92 Å². The molecule has 2 atom stereocenters. The van der Waals surface area contributed by atoms with Crippen molar-refractivity contribution >= 4 is 22.6 Å². The van der Waals surface area contributed by atoms with Gasteiger partial charge in [0.2, 0.25) is 0 Å². The maximum atomic E-state index is 13.3. The molecule has 1 saturated carbocycles. The molecule has 1 aliphatic rings. The van der Waals surface area contributed by atoms with Gasteiger partial charge in [-0.05, 0) is 30.9 Å². The van der Waals surface area contributed by atoms with Gasteiger partial charge in [0, 0.05) is 12.1 Å². The lowest BCUT2D eigenvalue weighted by Crippen LogP contribution is -2.14. The Hall–Kier alpha value is -1.09. The van der Waals surface area contributed by atoms with E-state index in [2.05, 4.69) is 16.5 Å². The molecular formula is C14H16ClFN2. The lowest BCUT2D eigenvalue weighted by molar-refractivity contribution is 0.408. The average molecular weight is 267 g/mol. The monoisotopic (exact) mass is 266 g/mol. The van der Waals surface area contributed by atoms with E-state index in [1.165, 1.54) is 25.0 Å². The summed E-state index contributed by atoms with van der Waals surface area (Å²) < 4.78 is 15.5. The summed E-state index contributed by atoms with van der Waals surface area (Å²) in [6, 6.07) is 5.26. The Labute approximate surface area is 111 Å². The number of rotatable bonds is 2. The molecule has 1 heterocycles. The van der Waals surface area contributed by atoms with Crippen molar-refractivity contribution in [1.29, 1.82) is 0 Å². The number of hydrogen-bond donors (Lipinski definition) is 0. The zero-order valence-electron chi connectivity index (χ0n) is 10.4. The van der Waals surface area contributed by atoms with Crippen molar-refractivity contribution in [2.45, 2.75) is 38.1 Å². The number of fused-ring (bicyclic) bond motifs is 1. The van der Waals surface area contributed by atoms with E-state index in [1.807, 2.05) is 6.07 Å². The maximum Gasteiger partial charge on any atom is 0.125 e. The van der Waals surface area contributed by atoms with E-state index in [1.54, 1.807) is 0 Å². The molecule has 2 aromatic rings. The fourth-order valence-electron chi connectivity index (χ4n) is 3.10. The first-order valence-corrected chi connectivity index (χ1v) is 6.96. The predicted octanol–water partition coefficient (Wildman–Crippen LogP) is 4.28. The molecule has 0 aliphatic heterocycles. The van der Waals surface area contributed by atoms with E-state index in [0.717, 1.165) is 17.8 Å². The molecule has 0 radical (unpaired) electrons. The van der Waals surface area contributed by atoms with Crippen LogP contribution in [0.1, 0.15) is 38.1 Å². The van der Waals surface area contributed by atoms with E-state index in [9.17, 15) is 4.39 Å². The summed E-state index contributed by atoms with van der Waals surface area (Å²) >= 11 is 5.99. The molecule has 1 aromatic heterocycles. The summed E-state index contributed by atoms with van der Waals surface area (Å²) in [5.74, 6) is 1.62. The van der Waals surface area contributed by atoms with Crippen LogP contribution >= 0.6 is 11.6 Å². The Kier molecular flexibility index (Phi) is 3.02. The van der Waals surface area contributed by atoms with Gasteiger partial charge in [-0.15, -0.1) is 11.6 Å². The summed E-state index contributed by atoms with van der Waals surface area (Å²) in [6.45, 7) is 2.27. The number of hydrogen-bond acceptors (Lipinski definition) is 1. The second kappa shape index (κ2) is 4.54. The highest BCUT2D eigenvalue weighted by molar-refractivity contribution is 6.16. The molecule has 0 spiro atoms. The van der Waals surface area contributed by atoms with Crippen molar-refractivity contribution in [3.05, 3.63) is 29.8 Å². The highest BCUT2D eigenvalue weighted by Crippen LogP contribution is 2.38. The SMILES string of the molecule is CC1CCCC1n1c(CCl)nc2cc(F)ccc21. The van der Waals surface area contributed by atoms with Gasteiger partial charge in [-0.1, -0.05) is 13.3 Å². The predicted molar refractivity (Wildman–Crippen MR) is 71.3 cm³/mol. The van der Waals surface area contributed by atoms with Crippen LogP contribution in [0, 0.1) is 11.7 Å². The molecule has 2 nitrogen and oxygen atoms in total. The first-order chi connectivity index (χ1) is 8.70. The summed E-state index contributed by atoms with van der Waals surface area (Å²) in [6.07, 6.45) is 3.65. The highest BCUT2D eigenvalue weighted by atomic mass is 35.5. The van der Waals surface area contributed by atoms with Gasteiger partial charge in [-0.2, -0.15) is 0 Å². The maximum absolute atomic E-state index is 13.3. The first-order valence-electron chi connectivity index (χ1n) is 6.43. The first kappa shape index (κ1) is 12.0. The summed E-state index contributed by atoms with van der Waals surface area (Å²) in [5, 5.41) is 0. The standard InChI is InChI=1S/C14H16ClFN2/c1-9-3-2-4-12(9)18-13-6-5-10(16)7-11(13)17-14(18)8-15/h5-7,9,12H,2-4,8H2,1H3. The number of aromatic nitrogens is 2. The van der Waals surface area contributed by atoms with Gasteiger partial charge in [0.05, 0.1) is 16.9 Å². The van der Waals surface area contributed by atoms with Crippen LogP contribution in [-0.2, 0) is 5.88 Å². The normalized spacial score (nSPS) is 23.9. The molecule has 1 fully saturated rings. The Morgan fingerprint density at radius 3 is 2.94 bits per heavy atom. The summed E-state index contributed by atoms with van der Waals surface area (Å²) in [5.41, 5.74) is 1.72. The van der Waals surface area contributed by atoms with Crippen LogP contribution in [0.15, 0.2) is 18.2 Å². The van der Waals surface area contributed by atoms with Crippen LogP contribution in [0.5, 0.6) is 0 Å². The van der Waals surface area contributed by atoms with Gasteiger partial charge in [-0.3, -0.25) is 0 Å².